The van der Waals surface area contributed by atoms with Gasteiger partial charge >= 0.3 is 0 Å². The molecule has 0 saturated heterocycles. The number of para-hydroxylation sites is 5. The summed E-state index contributed by atoms with van der Waals surface area (Å²) < 4.78 is 6.97. The number of aromatic nitrogens is 3. The van der Waals surface area contributed by atoms with Crippen molar-refractivity contribution in [3.8, 4) is 34.3 Å². The Hall–Kier alpha value is -7.86. The molecule has 0 amide bonds. The molecule has 3 aromatic heterocycles. The van der Waals surface area contributed by atoms with E-state index in [1.165, 1.54) is 27.2 Å². The van der Waals surface area contributed by atoms with Gasteiger partial charge in [-0.15, -0.1) is 0 Å². The van der Waals surface area contributed by atoms with Gasteiger partial charge in [0.15, 0.2) is 5.69 Å². The van der Waals surface area contributed by atoms with E-state index in [1.54, 1.807) is 0 Å². The quantitative estimate of drug-likeness (QED) is 0.169. The summed E-state index contributed by atoms with van der Waals surface area (Å²) in [4.78, 5) is 4.06. The molecule has 0 saturated carbocycles. The van der Waals surface area contributed by atoms with Crippen LogP contribution in [-0.2, 0) is 0 Å². The molecule has 0 aliphatic heterocycles. The number of rotatable bonds is 4. The normalized spacial score (nSPS) is 11.6. The highest BCUT2D eigenvalue weighted by Gasteiger charge is 2.22. The molecule has 0 fully saturated rings. The SMILES string of the molecule is [C-]#[N+]c1ccc(-n2c3ccccc3c3c(-n4c5ccccc5c5ccccc54)cccc32)cc1-c1ccccc1-n1c2ccccc2c2c(C#N)cccc21. The Morgan fingerprint density at radius 1 is 0.418 bits per heavy atom. The molecule has 5 nitrogen and oxygen atoms in total. The van der Waals surface area contributed by atoms with Crippen molar-refractivity contribution < 1.29 is 0 Å². The molecule has 254 valence electrons. The number of benzene rings is 8. The van der Waals surface area contributed by atoms with E-state index in [0.717, 1.165) is 66.4 Å². The van der Waals surface area contributed by atoms with Crippen LogP contribution in [0.3, 0.4) is 0 Å². The van der Waals surface area contributed by atoms with Crippen LogP contribution in [0.4, 0.5) is 5.69 Å². The van der Waals surface area contributed by atoms with Gasteiger partial charge in [0, 0.05) is 38.0 Å². The minimum absolute atomic E-state index is 0.571. The summed E-state index contributed by atoms with van der Waals surface area (Å²) in [7, 11) is 0. The number of nitrogens with zero attached hydrogens (tertiary/aromatic N) is 5. The molecule has 0 spiro atoms. The van der Waals surface area contributed by atoms with Crippen LogP contribution in [0.5, 0.6) is 0 Å². The molecule has 5 heteroatoms. The van der Waals surface area contributed by atoms with Gasteiger partial charge in [-0.3, -0.25) is 0 Å². The molecule has 0 aliphatic carbocycles. The topological polar surface area (TPSA) is 42.9 Å². The maximum atomic E-state index is 10.1. The summed E-state index contributed by atoms with van der Waals surface area (Å²) in [6, 6.07) is 63.5. The largest absolute Gasteiger partial charge is 0.309 e. The maximum Gasteiger partial charge on any atom is 0.195 e. The van der Waals surface area contributed by atoms with E-state index in [9.17, 15) is 5.26 Å². The van der Waals surface area contributed by atoms with Crippen LogP contribution in [0, 0.1) is 17.9 Å². The second-order valence-electron chi connectivity index (χ2n) is 13.9. The molecule has 3 heterocycles. The van der Waals surface area contributed by atoms with Crippen LogP contribution in [0.25, 0.3) is 98.5 Å². The number of fused-ring (bicyclic) bond motifs is 9. The summed E-state index contributed by atoms with van der Waals surface area (Å²) in [5.74, 6) is 0. The van der Waals surface area contributed by atoms with Crippen molar-refractivity contribution >= 4 is 71.1 Å². The second-order valence-corrected chi connectivity index (χ2v) is 13.9. The van der Waals surface area contributed by atoms with Crippen LogP contribution in [0.1, 0.15) is 5.56 Å². The molecule has 0 N–H and O–H groups in total. The van der Waals surface area contributed by atoms with Crippen LogP contribution >= 0.6 is 0 Å². The smallest absolute Gasteiger partial charge is 0.195 e. The lowest BCUT2D eigenvalue weighted by atomic mass is 10.0. The van der Waals surface area contributed by atoms with Crippen molar-refractivity contribution in [2.75, 3.05) is 0 Å². The average molecular weight is 700 g/mol. The van der Waals surface area contributed by atoms with Crippen LogP contribution in [0.2, 0.25) is 0 Å². The summed E-state index contributed by atoms with van der Waals surface area (Å²) in [5, 5.41) is 16.8. The Bertz CT molecular complexity index is 3420. The van der Waals surface area contributed by atoms with Gasteiger partial charge in [0.2, 0.25) is 0 Å². The molecular weight excluding hydrogens is 671 g/mol. The number of nitriles is 1. The predicted octanol–water partition coefficient (Wildman–Crippen LogP) is 13.1. The molecule has 11 rings (SSSR count). The first kappa shape index (κ1) is 30.7. The van der Waals surface area contributed by atoms with Gasteiger partial charge in [-0.2, -0.15) is 5.26 Å². The van der Waals surface area contributed by atoms with E-state index in [4.69, 9.17) is 6.57 Å². The molecular formula is C50H29N5. The van der Waals surface area contributed by atoms with E-state index in [2.05, 4.69) is 158 Å². The van der Waals surface area contributed by atoms with Gasteiger partial charge in [-0.25, -0.2) is 4.85 Å². The summed E-state index contributed by atoms with van der Waals surface area (Å²) in [6.07, 6.45) is 0. The second kappa shape index (κ2) is 11.8. The van der Waals surface area contributed by atoms with Gasteiger partial charge in [0.1, 0.15) is 0 Å². The fourth-order valence-corrected chi connectivity index (χ4v) is 8.89. The van der Waals surface area contributed by atoms with E-state index < -0.39 is 0 Å². The van der Waals surface area contributed by atoms with Crippen molar-refractivity contribution in [2.24, 2.45) is 0 Å². The van der Waals surface area contributed by atoms with E-state index in [-0.39, 0.29) is 0 Å². The highest BCUT2D eigenvalue weighted by Crippen LogP contribution is 2.43. The number of hydrogen-bond acceptors (Lipinski definition) is 1. The lowest BCUT2D eigenvalue weighted by molar-refractivity contribution is 1.16. The van der Waals surface area contributed by atoms with E-state index in [0.29, 0.717) is 11.3 Å². The van der Waals surface area contributed by atoms with Crippen molar-refractivity contribution in [3.05, 3.63) is 193 Å². The fourth-order valence-electron chi connectivity index (χ4n) is 8.89. The van der Waals surface area contributed by atoms with Gasteiger partial charge < -0.3 is 13.7 Å². The minimum Gasteiger partial charge on any atom is -0.309 e. The third-order valence-electron chi connectivity index (χ3n) is 11.1. The first-order valence-electron chi connectivity index (χ1n) is 18.3. The summed E-state index contributed by atoms with van der Waals surface area (Å²) in [5.41, 5.74) is 12.5. The third kappa shape index (κ3) is 4.33. The number of hydrogen-bond donors (Lipinski definition) is 0. The molecule has 8 aromatic carbocycles. The van der Waals surface area contributed by atoms with Crippen molar-refractivity contribution in [3.63, 3.8) is 0 Å². The monoisotopic (exact) mass is 699 g/mol. The van der Waals surface area contributed by atoms with Gasteiger partial charge in [-0.1, -0.05) is 109 Å². The molecule has 0 radical (unpaired) electrons. The molecule has 55 heavy (non-hydrogen) atoms. The fraction of sp³-hybridized carbons (Fsp3) is 0. The van der Waals surface area contributed by atoms with Gasteiger partial charge in [0.05, 0.1) is 62.7 Å². The summed E-state index contributed by atoms with van der Waals surface area (Å²) in [6.45, 7) is 8.31. The Kier molecular flexibility index (Phi) is 6.61. The Morgan fingerprint density at radius 2 is 0.909 bits per heavy atom. The van der Waals surface area contributed by atoms with E-state index >= 15 is 0 Å². The zero-order valence-electron chi connectivity index (χ0n) is 29.5. The standard InChI is InChI=1S/C50H29N5/c1-52-40-29-28-33(30-39(40)36-17-4-9-22-43(36)55-45-24-11-5-18-37(45)49-32(31-51)14-12-25-46(49)55)53-44-23-10-6-19-38(44)50-47(53)26-13-27-48(50)54-41-20-7-2-15-34(41)35-16-3-8-21-42(35)54/h2-30H. The van der Waals surface area contributed by atoms with Gasteiger partial charge in [0.25, 0.3) is 0 Å². The highest BCUT2D eigenvalue weighted by atomic mass is 15.0. The zero-order chi connectivity index (χ0) is 36.6. The lowest BCUT2D eigenvalue weighted by Gasteiger charge is -2.17. The van der Waals surface area contributed by atoms with Crippen molar-refractivity contribution in [2.45, 2.75) is 0 Å². The first-order chi connectivity index (χ1) is 27.2. The summed E-state index contributed by atoms with van der Waals surface area (Å²) >= 11 is 0. The predicted molar refractivity (Wildman–Crippen MR) is 226 cm³/mol. The van der Waals surface area contributed by atoms with Crippen LogP contribution < -0.4 is 0 Å². The van der Waals surface area contributed by atoms with Gasteiger partial charge in [-0.05, 0) is 77.9 Å². The Labute approximate surface area is 316 Å². The highest BCUT2D eigenvalue weighted by molar-refractivity contribution is 6.17. The van der Waals surface area contributed by atoms with Crippen molar-refractivity contribution in [1.82, 2.24) is 13.7 Å². The van der Waals surface area contributed by atoms with Crippen molar-refractivity contribution in [1.29, 1.82) is 5.26 Å². The van der Waals surface area contributed by atoms with E-state index in [1.807, 2.05) is 42.5 Å². The molecule has 0 atom stereocenters. The molecule has 0 aliphatic rings. The van der Waals surface area contributed by atoms with Crippen LogP contribution in [-0.4, -0.2) is 13.7 Å². The zero-order valence-corrected chi connectivity index (χ0v) is 29.5. The average Bonchev–Trinajstić information content (AvgIpc) is 3.89. The first-order valence-corrected chi connectivity index (χ1v) is 18.3. The molecule has 0 bridgehead atoms. The lowest BCUT2D eigenvalue weighted by Crippen LogP contribution is -1.99. The Balaban J connectivity index is 1.19. The molecule has 11 aromatic rings. The molecule has 0 unspecified atom stereocenters. The maximum absolute atomic E-state index is 10.1. The minimum atomic E-state index is 0.571. The van der Waals surface area contributed by atoms with Crippen LogP contribution in [0.15, 0.2) is 176 Å². The Morgan fingerprint density at radius 3 is 1.58 bits per heavy atom. The third-order valence-corrected chi connectivity index (χ3v) is 11.1.